The molecular weight excluding hydrogens is 248 g/mol. The highest BCUT2D eigenvalue weighted by atomic mass is 16.6. The van der Waals surface area contributed by atoms with Crippen molar-refractivity contribution in [2.24, 2.45) is 0 Å². The molecule has 6 heteroatoms. The van der Waals surface area contributed by atoms with E-state index in [1.54, 1.807) is 9.80 Å². The Morgan fingerprint density at radius 2 is 1.84 bits per heavy atom. The van der Waals surface area contributed by atoms with Crippen LogP contribution in [0.15, 0.2) is 0 Å². The molecule has 2 fully saturated rings. The molecule has 2 saturated heterocycles. The fourth-order valence-corrected chi connectivity index (χ4v) is 2.48. The van der Waals surface area contributed by atoms with Gasteiger partial charge in [-0.15, -0.1) is 0 Å². The van der Waals surface area contributed by atoms with Crippen LogP contribution in [-0.4, -0.2) is 58.4 Å². The lowest BCUT2D eigenvalue weighted by molar-refractivity contribution is -0.139. The molecule has 0 aromatic rings. The molecule has 0 unspecified atom stereocenters. The van der Waals surface area contributed by atoms with Crippen LogP contribution >= 0.6 is 0 Å². The number of rotatable bonds is 1. The molecule has 0 aromatic carbocycles. The van der Waals surface area contributed by atoms with Gasteiger partial charge in [-0.25, -0.2) is 4.79 Å². The largest absolute Gasteiger partial charge is 0.444 e. The van der Waals surface area contributed by atoms with Crippen molar-refractivity contribution in [3.63, 3.8) is 0 Å². The van der Waals surface area contributed by atoms with Crippen molar-refractivity contribution in [1.29, 1.82) is 0 Å². The molecule has 2 heterocycles. The first-order chi connectivity index (χ1) is 8.61. The summed E-state index contributed by atoms with van der Waals surface area (Å²) in [6, 6.07) is 0. The van der Waals surface area contributed by atoms with Gasteiger partial charge in [0.1, 0.15) is 5.60 Å². The first kappa shape index (κ1) is 13.8. The molecule has 2 aliphatic rings. The molecule has 0 aromatic heterocycles. The number of carbonyl (C=O) groups is 3. The van der Waals surface area contributed by atoms with Crippen LogP contribution in [-0.2, 0) is 14.3 Å². The molecule has 6 nitrogen and oxygen atoms in total. The molecule has 0 aliphatic carbocycles. The standard InChI is InChI=1S/C13H20N2O4/c1-12(2,3)19-11(18)14-7-13(4,8-14)15-6-9(16)5-10(15)17/h5-8H2,1-4H3. The van der Waals surface area contributed by atoms with Crippen LogP contribution in [0.5, 0.6) is 0 Å². The highest BCUT2D eigenvalue weighted by Gasteiger charge is 2.51. The number of ketones is 1. The summed E-state index contributed by atoms with van der Waals surface area (Å²) < 4.78 is 5.26. The third-order valence-electron chi connectivity index (χ3n) is 3.35. The van der Waals surface area contributed by atoms with Crippen LogP contribution in [0.3, 0.4) is 0 Å². The first-order valence-corrected chi connectivity index (χ1v) is 6.41. The van der Waals surface area contributed by atoms with Crippen molar-refractivity contribution < 1.29 is 19.1 Å². The predicted octanol–water partition coefficient (Wildman–Crippen LogP) is 0.797. The summed E-state index contributed by atoms with van der Waals surface area (Å²) in [6.07, 6.45) is -0.384. The molecular formula is C13H20N2O4. The molecule has 0 atom stereocenters. The average Bonchev–Trinajstić information content (AvgIpc) is 2.50. The van der Waals surface area contributed by atoms with Crippen molar-refractivity contribution in [2.75, 3.05) is 19.6 Å². The Morgan fingerprint density at radius 1 is 1.26 bits per heavy atom. The normalized spacial score (nSPS) is 22.5. The van der Waals surface area contributed by atoms with Gasteiger partial charge in [-0.05, 0) is 27.7 Å². The van der Waals surface area contributed by atoms with E-state index in [4.69, 9.17) is 4.74 Å². The minimum Gasteiger partial charge on any atom is -0.444 e. The Balaban J connectivity index is 1.93. The molecule has 0 saturated carbocycles. The Bertz CT molecular complexity index is 432. The second-order valence-corrected chi connectivity index (χ2v) is 6.53. The van der Waals surface area contributed by atoms with E-state index in [0.717, 1.165) is 0 Å². The van der Waals surface area contributed by atoms with Gasteiger partial charge in [-0.2, -0.15) is 0 Å². The number of ether oxygens (including phenoxy) is 1. The first-order valence-electron chi connectivity index (χ1n) is 6.41. The van der Waals surface area contributed by atoms with E-state index in [1.807, 2.05) is 27.7 Å². The van der Waals surface area contributed by atoms with Gasteiger partial charge in [0.05, 0.1) is 18.5 Å². The van der Waals surface area contributed by atoms with Crippen molar-refractivity contribution >= 4 is 17.8 Å². The van der Waals surface area contributed by atoms with E-state index in [1.165, 1.54) is 0 Å². The van der Waals surface area contributed by atoms with E-state index in [-0.39, 0.29) is 30.7 Å². The smallest absolute Gasteiger partial charge is 0.410 e. The van der Waals surface area contributed by atoms with E-state index in [9.17, 15) is 14.4 Å². The van der Waals surface area contributed by atoms with Crippen molar-refractivity contribution in [2.45, 2.75) is 45.3 Å². The highest BCUT2D eigenvalue weighted by molar-refractivity contribution is 6.05. The molecule has 106 valence electrons. The summed E-state index contributed by atoms with van der Waals surface area (Å²) in [4.78, 5) is 37.9. The summed E-state index contributed by atoms with van der Waals surface area (Å²) in [7, 11) is 0. The second-order valence-electron chi connectivity index (χ2n) is 6.53. The van der Waals surface area contributed by atoms with E-state index in [2.05, 4.69) is 0 Å². The van der Waals surface area contributed by atoms with Gasteiger partial charge in [-0.3, -0.25) is 9.59 Å². The maximum Gasteiger partial charge on any atom is 0.410 e. The van der Waals surface area contributed by atoms with Crippen molar-refractivity contribution in [1.82, 2.24) is 9.80 Å². The molecule has 19 heavy (non-hydrogen) atoms. The summed E-state index contributed by atoms with van der Waals surface area (Å²) >= 11 is 0. The fourth-order valence-electron chi connectivity index (χ4n) is 2.48. The van der Waals surface area contributed by atoms with Crippen LogP contribution in [0.2, 0.25) is 0 Å². The summed E-state index contributed by atoms with van der Waals surface area (Å²) in [5.41, 5.74) is -0.956. The van der Waals surface area contributed by atoms with Crippen LogP contribution in [0.4, 0.5) is 4.79 Å². The zero-order valence-electron chi connectivity index (χ0n) is 11.9. The van der Waals surface area contributed by atoms with Gasteiger partial charge < -0.3 is 14.5 Å². The molecule has 0 radical (unpaired) electrons. The maximum atomic E-state index is 11.8. The lowest BCUT2D eigenvalue weighted by Gasteiger charge is -2.52. The number of nitrogens with zero attached hydrogens (tertiary/aromatic N) is 2. The van der Waals surface area contributed by atoms with Gasteiger partial charge in [0.25, 0.3) is 0 Å². The quantitative estimate of drug-likeness (QED) is 0.660. The van der Waals surface area contributed by atoms with Crippen LogP contribution in [0.1, 0.15) is 34.1 Å². The molecule has 2 aliphatic heterocycles. The van der Waals surface area contributed by atoms with Gasteiger partial charge in [0.15, 0.2) is 5.78 Å². The molecule has 0 bridgehead atoms. The SMILES string of the molecule is CC(C)(C)OC(=O)N1CC(C)(N2CC(=O)CC2=O)C1. The number of hydrogen-bond donors (Lipinski definition) is 0. The zero-order chi connectivity index (χ0) is 14.4. The molecule has 2 rings (SSSR count). The van der Waals surface area contributed by atoms with Gasteiger partial charge >= 0.3 is 6.09 Å². The minimum atomic E-state index is -0.525. The van der Waals surface area contributed by atoms with Gasteiger partial charge in [0, 0.05) is 13.1 Å². The maximum absolute atomic E-state index is 11.8. The van der Waals surface area contributed by atoms with Crippen molar-refractivity contribution in [3.8, 4) is 0 Å². The average molecular weight is 268 g/mol. The van der Waals surface area contributed by atoms with E-state index in [0.29, 0.717) is 13.1 Å². The van der Waals surface area contributed by atoms with Crippen LogP contribution in [0.25, 0.3) is 0 Å². The lowest BCUT2D eigenvalue weighted by Crippen LogP contribution is -2.70. The number of Topliss-reactive ketones (excluding diaryl/α,β-unsaturated/α-hetero) is 1. The van der Waals surface area contributed by atoms with E-state index >= 15 is 0 Å². The third kappa shape index (κ3) is 2.72. The number of likely N-dealkylation sites (tertiary alicyclic amines) is 2. The summed E-state index contributed by atoms with van der Waals surface area (Å²) in [6.45, 7) is 8.33. The number of hydrogen-bond acceptors (Lipinski definition) is 4. The fraction of sp³-hybridized carbons (Fsp3) is 0.769. The van der Waals surface area contributed by atoms with Gasteiger partial charge in [0.2, 0.25) is 5.91 Å². The number of carbonyl (C=O) groups excluding carboxylic acids is 3. The Labute approximate surface area is 112 Å². The monoisotopic (exact) mass is 268 g/mol. The van der Waals surface area contributed by atoms with Crippen LogP contribution < -0.4 is 0 Å². The highest BCUT2D eigenvalue weighted by Crippen LogP contribution is 2.31. The predicted molar refractivity (Wildman–Crippen MR) is 67.5 cm³/mol. The Morgan fingerprint density at radius 3 is 2.26 bits per heavy atom. The van der Waals surface area contributed by atoms with Crippen LogP contribution in [0, 0.1) is 0 Å². The Kier molecular flexibility index (Phi) is 3.07. The Hall–Kier alpha value is -1.59. The molecule has 2 amide bonds. The second kappa shape index (κ2) is 4.21. The number of amides is 2. The zero-order valence-corrected chi connectivity index (χ0v) is 11.9. The minimum absolute atomic E-state index is 0.0119. The topological polar surface area (TPSA) is 66.9 Å². The summed E-state index contributed by atoms with van der Waals surface area (Å²) in [5.74, 6) is -0.196. The molecule has 0 N–H and O–H groups in total. The summed E-state index contributed by atoms with van der Waals surface area (Å²) in [5, 5.41) is 0. The van der Waals surface area contributed by atoms with E-state index < -0.39 is 11.1 Å². The molecule has 0 spiro atoms. The van der Waals surface area contributed by atoms with Gasteiger partial charge in [-0.1, -0.05) is 0 Å². The van der Waals surface area contributed by atoms with Crippen molar-refractivity contribution in [3.05, 3.63) is 0 Å². The lowest BCUT2D eigenvalue weighted by atomic mass is 9.90. The third-order valence-corrected chi connectivity index (χ3v) is 3.35.